The minimum Gasteiger partial charge on any atom is -0.314 e. The lowest BCUT2D eigenvalue weighted by atomic mass is 10.1. The van der Waals surface area contributed by atoms with E-state index >= 15 is 0 Å². The van der Waals surface area contributed by atoms with Crippen molar-refractivity contribution in [3.8, 4) is 0 Å². The molecule has 5 nitrogen and oxygen atoms in total. The van der Waals surface area contributed by atoms with Crippen molar-refractivity contribution < 1.29 is 12.9 Å². The molecule has 150 valence electrons. The van der Waals surface area contributed by atoms with Gasteiger partial charge in [0.1, 0.15) is 0 Å². The van der Waals surface area contributed by atoms with Crippen LogP contribution < -0.4 is 5.01 Å². The highest BCUT2D eigenvalue weighted by molar-refractivity contribution is 7.92. The van der Waals surface area contributed by atoms with E-state index in [1.54, 1.807) is 26.0 Å². The highest BCUT2D eigenvalue weighted by Crippen LogP contribution is 2.32. The molecule has 1 aliphatic heterocycles. The number of halogens is 1. The van der Waals surface area contributed by atoms with Crippen molar-refractivity contribution in [2.45, 2.75) is 30.0 Å². The van der Waals surface area contributed by atoms with Gasteiger partial charge in [-0.15, -0.1) is 0 Å². The molecule has 0 saturated heterocycles. The van der Waals surface area contributed by atoms with Crippen LogP contribution in [0.1, 0.15) is 25.8 Å². The number of quaternary nitrogens is 1. The summed E-state index contributed by atoms with van der Waals surface area (Å²) in [6.45, 7) is 4.28. The van der Waals surface area contributed by atoms with Gasteiger partial charge in [-0.05, 0) is 42.0 Å². The summed E-state index contributed by atoms with van der Waals surface area (Å²) in [4.78, 5) is -0.613. The molecular formula is C21H27ClN3O2S+. The van der Waals surface area contributed by atoms with Gasteiger partial charge >= 0.3 is 0 Å². The summed E-state index contributed by atoms with van der Waals surface area (Å²) in [6.07, 6.45) is 0.830. The first-order valence-electron chi connectivity index (χ1n) is 9.21. The van der Waals surface area contributed by atoms with Crippen molar-refractivity contribution >= 4 is 32.8 Å². The Morgan fingerprint density at radius 2 is 1.57 bits per heavy atom. The van der Waals surface area contributed by atoms with Gasteiger partial charge in [-0.2, -0.15) is 5.10 Å². The maximum Gasteiger partial charge on any atom is 0.233 e. The molecule has 7 heteroatoms. The van der Waals surface area contributed by atoms with Gasteiger partial charge in [0, 0.05) is 31.8 Å². The highest BCUT2D eigenvalue weighted by atomic mass is 35.5. The van der Waals surface area contributed by atoms with E-state index in [1.165, 1.54) is 0 Å². The fraction of sp³-hybridized carbons (Fsp3) is 0.381. The van der Waals surface area contributed by atoms with Gasteiger partial charge in [-0.1, -0.05) is 23.7 Å². The van der Waals surface area contributed by atoms with Crippen molar-refractivity contribution in [2.75, 3.05) is 32.7 Å². The molecule has 0 unspecified atom stereocenters. The molecule has 2 aromatic rings. The lowest BCUT2D eigenvalue weighted by molar-refractivity contribution is -0.903. The third kappa shape index (κ3) is 3.69. The standard InChI is InChI=1S/C21H27ClN3O2S/c1-21(2,25(3,4)5)28(26,27)19-12-10-18(11-13-19)24-15-14-20(23-24)16-6-8-17(22)9-7-16/h6-13H,14-15H2,1-5H3/q+1. The van der Waals surface area contributed by atoms with Crippen molar-refractivity contribution in [3.05, 3.63) is 59.1 Å². The quantitative estimate of drug-likeness (QED) is 0.682. The van der Waals surface area contributed by atoms with Crippen LogP contribution >= 0.6 is 11.6 Å². The Morgan fingerprint density at radius 3 is 2.11 bits per heavy atom. The predicted octanol–water partition coefficient (Wildman–Crippen LogP) is 4.17. The fourth-order valence-corrected chi connectivity index (χ4v) is 4.85. The normalized spacial score (nSPS) is 15.6. The summed E-state index contributed by atoms with van der Waals surface area (Å²) in [5.74, 6) is 0. The van der Waals surface area contributed by atoms with Gasteiger partial charge in [0.2, 0.25) is 9.84 Å². The number of rotatable bonds is 5. The van der Waals surface area contributed by atoms with Crippen molar-refractivity contribution in [3.63, 3.8) is 0 Å². The Hall–Kier alpha value is -1.89. The summed E-state index contributed by atoms with van der Waals surface area (Å²) >= 11 is 5.95. The zero-order valence-electron chi connectivity index (χ0n) is 17.0. The van der Waals surface area contributed by atoms with Crippen LogP contribution in [0.5, 0.6) is 0 Å². The van der Waals surface area contributed by atoms with E-state index in [2.05, 4.69) is 0 Å². The maximum atomic E-state index is 13.1. The summed E-state index contributed by atoms with van der Waals surface area (Å²) in [7, 11) is 2.19. The highest BCUT2D eigenvalue weighted by Gasteiger charge is 2.46. The number of nitrogens with zero attached hydrogens (tertiary/aromatic N) is 3. The van der Waals surface area contributed by atoms with E-state index in [0.717, 1.165) is 29.9 Å². The molecule has 0 bridgehead atoms. The van der Waals surface area contributed by atoms with E-state index in [9.17, 15) is 8.42 Å². The molecule has 0 atom stereocenters. The molecule has 0 fully saturated rings. The lowest BCUT2D eigenvalue weighted by Gasteiger charge is -2.40. The summed E-state index contributed by atoms with van der Waals surface area (Å²) in [5, 5.41) is 7.30. The van der Waals surface area contributed by atoms with Crippen LogP contribution in [0, 0.1) is 0 Å². The Balaban J connectivity index is 1.85. The number of anilines is 1. The SMILES string of the molecule is CC(C)([N+](C)(C)C)S(=O)(=O)c1ccc(N2CCC(c3ccc(Cl)cc3)=N2)cc1. The zero-order chi connectivity index (χ0) is 20.7. The molecule has 0 N–H and O–H groups in total. The van der Waals surface area contributed by atoms with Gasteiger partial charge < -0.3 is 4.48 Å². The molecule has 0 radical (unpaired) electrons. The zero-order valence-corrected chi connectivity index (χ0v) is 18.5. The minimum atomic E-state index is -3.49. The Labute approximate surface area is 172 Å². The molecule has 0 amide bonds. The summed E-state index contributed by atoms with van der Waals surface area (Å²) in [6, 6.07) is 14.7. The van der Waals surface area contributed by atoms with Crippen LogP contribution in [0.15, 0.2) is 58.5 Å². The van der Waals surface area contributed by atoms with E-state index in [0.29, 0.717) is 14.4 Å². The Morgan fingerprint density at radius 1 is 1.00 bits per heavy atom. The van der Waals surface area contributed by atoms with Crippen molar-refractivity contribution in [2.24, 2.45) is 5.10 Å². The molecule has 1 aliphatic rings. The van der Waals surface area contributed by atoms with Crippen LogP contribution in [0.4, 0.5) is 5.69 Å². The summed E-state index contributed by atoms with van der Waals surface area (Å²) in [5.41, 5.74) is 2.93. The molecule has 0 aromatic heterocycles. The molecule has 0 spiro atoms. The van der Waals surface area contributed by atoms with E-state index in [4.69, 9.17) is 16.7 Å². The molecule has 2 aromatic carbocycles. The number of hydrazone groups is 1. The van der Waals surface area contributed by atoms with Crippen molar-refractivity contribution in [1.29, 1.82) is 0 Å². The predicted molar refractivity (Wildman–Crippen MR) is 116 cm³/mol. The molecule has 0 aliphatic carbocycles. The summed E-state index contributed by atoms with van der Waals surface area (Å²) < 4.78 is 26.6. The smallest absolute Gasteiger partial charge is 0.233 e. The molecular weight excluding hydrogens is 394 g/mol. The average molecular weight is 421 g/mol. The number of hydrogen-bond acceptors (Lipinski definition) is 4. The van der Waals surface area contributed by atoms with E-state index in [1.807, 2.05) is 62.6 Å². The first-order valence-corrected chi connectivity index (χ1v) is 11.1. The molecule has 28 heavy (non-hydrogen) atoms. The number of sulfone groups is 1. The first kappa shape index (κ1) is 20.8. The van der Waals surface area contributed by atoms with Gasteiger partial charge in [-0.3, -0.25) is 5.01 Å². The van der Waals surface area contributed by atoms with Gasteiger partial charge in [0.05, 0.1) is 37.4 Å². The van der Waals surface area contributed by atoms with E-state index in [-0.39, 0.29) is 0 Å². The monoisotopic (exact) mass is 420 g/mol. The number of hydrogen-bond donors (Lipinski definition) is 0. The largest absolute Gasteiger partial charge is 0.314 e. The molecule has 3 rings (SSSR count). The Bertz CT molecular complexity index is 989. The second kappa shape index (κ2) is 7.17. The van der Waals surface area contributed by atoms with Crippen LogP contribution in [-0.4, -0.2) is 51.2 Å². The Kier molecular flexibility index (Phi) is 5.34. The minimum absolute atomic E-state index is 0.317. The average Bonchev–Trinajstić information content (AvgIpc) is 3.11. The van der Waals surface area contributed by atoms with Crippen LogP contribution in [0.2, 0.25) is 5.02 Å². The molecule has 0 saturated carbocycles. The van der Waals surface area contributed by atoms with Crippen LogP contribution in [0.3, 0.4) is 0 Å². The second-order valence-corrected chi connectivity index (χ2v) is 11.3. The number of benzene rings is 2. The van der Waals surface area contributed by atoms with Crippen molar-refractivity contribution in [1.82, 2.24) is 0 Å². The fourth-order valence-electron chi connectivity index (χ4n) is 2.94. The second-order valence-electron chi connectivity index (χ2n) is 8.38. The third-order valence-electron chi connectivity index (χ3n) is 5.70. The maximum absolute atomic E-state index is 13.1. The van der Waals surface area contributed by atoms with Gasteiger partial charge in [0.25, 0.3) is 0 Å². The lowest BCUT2D eigenvalue weighted by Crippen LogP contribution is -2.57. The topological polar surface area (TPSA) is 49.7 Å². The van der Waals surface area contributed by atoms with Gasteiger partial charge in [0.15, 0.2) is 4.87 Å². The molecule has 1 heterocycles. The first-order chi connectivity index (χ1) is 12.9. The van der Waals surface area contributed by atoms with Gasteiger partial charge in [-0.25, -0.2) is 8.42 Å². The van der Waals surface area contributed by atoms with Crippen LogP contribution in [-0.2, 0) is 9.84 Å². The third-order valence-corrected chi connectivity index (χ3v) is 8.71. The van der Waals surface area contributed by atoms with Crippen LogP contribution in [0.25, 0.3) is 0 Å². The van der Waals surface area contributed by atoms with E-state index < -0.39 is 14.7 Å².